The third-order valence-electron chi connectivity index (χ3n) is 7.34. The number of anilines is 2. The van der Waals surface area contributed by atoms with Gasteiger partial charge in [0, 0.05) is 50.3 Å². The fourth-order valence-corrected chi connectivity index (χ4v) is 5.21. The minimum atomic E-state index is -5.07. The van der Waals surface area contributed by atoms with Crippen LogP contribution in [0.15, 0.2) is 42.9 Å². The first-order valence-electron chi connectivity index (χ1n) is 13.7. The number of alkyl halides is 9. The average molecular weight is 617 g/mol. The van der Waals surface area contributed by atoms with Crippen LogP contribution in [0.25, 0.3) is 0 Å². The van der Waals surface area contributed by atoms with Crippen LogP contribution in [0, 0.1) is 5.92 Å². The minimum absolute atomic E-state index is 0.0210. The van der Waals surface area contributed by atoms with Crippen molar-refractivity contribution in [2.24, 2.45) is 5.92 Å². The zero-order chi connectivity index (χ0) is 31.6. The maximum absolute atomic E-state index is 13.8. The van der Waals surface area contributed by atoms with E-state index in [-0.39, 0.29) is 35.5 Å². The van der Waals surface area contributed by atoms with E-state index in [0.717, 1.165) is 37.9 Å². The Hall–Kier alpha value is -3.52. The van der Waals surface area contributed by atoms with E-state index in [9.17, 15) is 39.5 Å². The third-order valence-corrected chi connectivity index (χ3v) is 7.34. The third kappa shape index (κ3) is 8.32. The predicted molar refractivity (Wildman–Crippen MR) is 146 cm³/mol. The molecule has 1 aromatic carbocycles. The van der Waals surface area contributed by atoms with Gasteiger partial charge in [-0.3, -0.25) is 0 Å². The summed E-state index contributed by atoms with van der Waals surface area (Å²) < 4.78 is 123. The van der Waals surface area contributed by atoms with Crippen LogP contribution < -0.4 is 15.3 Å². The molecule has 4 rings (SSSR count). The van der Waals surface area contributed by atoms with Gasteiger partial charge in [-0.25, -0.2) is 15.0 Å². The molecule has 232 valence electrons. The lowest BCUT2D eigenvalue weighted by Gasteiger charge is -2.30. The lowest BCUT2D eigenvalue weighted by atomic mass is 10.0. The lowest BCUT2D eigenvalue weighted by Crippen LogP contribution is -2.32. The molecule has 0 saturated heterocycles. The van der Waals surface area contributed by atoms with E-state index in [4.69, 9.17) is 0 Å². The Morgan fingerprint density at radius 3 is 1.79 bits per heavy atom. The van der Waals surface area contributed by atoms with Crippen LogP contribution in [0.5, 0.6) is 0 Å². The Morgan fingerprint density at radius 2 is 1.28 bits per heavy atom. The second kappa shape index (κ2) is 12.6. The van der Waals surface area contributed by atoms with Crippen LogP contribution in [0.1, 0.15) is 60.4 Å². The fourth-order valence-electron chi connectivity index (χ4n) is 5.21. The molecule has 1 aliphatic rings. The zero-order valence-electron chi connectivity index (χ0n) is 23.4. The highest BCUT2D eigenvalue weighted by molar-refractivity contribution is 6.31. The summed E-state index contributed by atoms with van der Waals surface area (Å²) in [5.74, 6) is 0.484. The summed E-state index contributed by atoms with van der Waals surface area (Å²) in [5.41, 5.74) is -3.70. The standard InChI is InChI=1S/C28H29BF9N5/c1-2-42(14-17-5-3-4-6-17)24-19(9-22(11-39-24)28(36,37)38)16-43(25-40-12-23(29)13-41-25)15-18-7-20(26(30,31)32)10-21(8-18)27(33,34)35/h7-13,17H,2-6,14-16,29H2,1H3. The summed E-state index contributed by atoms with van der Waals surface area (Å²) in [6, 6.07) is 2.10. The predicted octanol–water partition coefficient (Wildman–Crippen LogP) is 6.41. The van der Waals surface area contributed by atoms with Crippen molar-refractivity contribution in [1.82, 2.24) is 15.0 Å². The zero-order valence-corrected chi connectivity index (χ0v) is 23.4. The van der Waals surface area contributed by atoms with Crippen LogP contribution in [0.3, 0.4) is 0 Å². The normalized spacial score (nSPS) is 14.7. The molecule has 0 spiro atoms. The fraction of sp³-hybridized carbons (Fsp3) is 0.464. The molecule has 2 aromatic heterocycles. The van der Waals surface area contributed by atoms with Gasteiger partial charge in [-0.1, -0.05) is 18.3 Å². The van der Waals surface area contributed by atoms with E-state index < -0.39 is 41.8 Å². The summed E-state index contributed by atoms with van der Waals surface area (Å²) in [6.45, 7) is 1.88. The SMILES string of the molecule is Bc1cnc(N(Cc2cc(C(F)(F)F)cc(C(F)(F)F)c2)Cc2cc(C(F)(F)F)cnc2N(CC)CC2CCCC2)nc1. The molecule has 0 amide bonds. The van der Waals surface area contributed by atoms with Gasteiger partial charge < -0.3 is 9.80 Å². The Morgan fingerprint density at radius 1 is 0.721 bits per heavy atom. The highest BCUT2D eigenvalue weighted by atomic mass is 19.4. The smallest absolute Gasteiger partial charge is 0.356 e. The highest BCUT2D eigenvalue weighted by Crippen LogP contribution is 2.38. The van der Waals surface area contributed by atoms with Gasteiger partial charge >= 0.3 is 18.5 Å². The topological polar surface area (TPSA) is 45.2 Å². The van der Waals surface area contributed by atoms with E-state index in [2.05, 4.69) is 15.0 Å². The van der Waals surface area contributed by atoms with Gasteiger partial charge in [-0.15, -0.1) is 0 Å². The number of halogens is 9. The molecule has 0 radical (unpaired) electrons. The molecular formula is C28H29BF9N5. The van der Waals surface area contributed by atoms with E-state index in [0.29, 0.717) is 36.6 Å². The largest absolute Gasteiger partial charge is 0.417 e. The Bertz CT molecular complexity index is 1350. The summed E-state index contributed by atoms with van der Waals surface area (Å²) in [5, 5.41) is 0. The summed E-state index contributed by atoms with van der Waals surface area (Å²) >= 11 is 0. The van der Waals surface area contributed by atoms with Gasteiger partial charge in [0.25, 0.3) is 0 Å². The molecule has 3 aromatic rings. The van der Waals surface area contributed by atoms with Gasteiger partial charge in [0.05, 0.1) is 16.7 Å². The molecule has 15 heteroatoms. The van der Waals surface area contributed by atoms with Crippen molar-refractivity contribution in [2.45, 2.75) is 64.2 Å². The van der Waals surface area contributed by atoms with Gasteiger partial charge in [-0.2, -0.15) is 39.5 Å². The maximum atomic E-state index is 13.8. The molecule has 1 fully saturated rings. The van der Waals surface area contributed by atoms with Crippen LogP contribution in [0.2, 0.25) is 0 Å². The van der Waals surface area contributed by atoms with Crippen molar-refractivity contribution >= 4 is 25.1 Å². The first-order chi connectivity index (χ1) is 20.0. The second-order valence-corrected chi connectivity index (χ2v) is 10.7. The highest BCUT2D eigenvalue weighted by Gasteiger charge is 2.37. The molecule has 0 aliphatic heterocycles. The van der Waals surface area contributed by atoms with Crippen LogP contribution >= 0.6 is 0 Å². The van der Waals surface area contributed by atoms with Crippen LogP contribution in [-0.4, -0.2) is 35.9 Å². The molecular weight excluding hydrogens is 588 g/mol. The first kappa shape index (κ1) is 32.4. The molecule has 5 nitrogen and oxygen atoms in total. The molecule has 0 N–H and O–H groups in total. The van der Waals surface area contributed by atoms with Crippen LogP contribution in [-0.2, 0) is 31.6 Å². The Balaban J connectivity index is 1.81. The van der Waals surface area contributed by atoms with Crippen LogP contribution in [0.4, 0.5) is 51.3 Å². The maximum Gasteiger partial charge on any atom is 0.417 e. The molecule has 0 atom stereocenters. The monoisotopic (exact) mass is 617 g/mol. The Kier molecular flexibility index (Phi) is 9.50. The molecule has 1 saturated carbocycles. The van der Waals surface area contributed by atoms with Gasteiger partial charge in [-0.05, 0) is 55.5 Å². The molecule has 43 heavy (non-hydrogen) atoms. The van der Waals surface area contributed by atoms with Crippen molar-refractivity contribution in [3.05, 3.63) is 70.7 Å². The summed E-state index contributed by atoms with van der Waals surface area (Å²) in [7, 11) is 1.67. The van der Waals surface area contributed by atoms with E-state index in [1.165, 1.54) is 17.3 Å². The van der Waals surface area contributed by atoms with E-state index in [1.54, 1.807) is 7.85 Å². The lowest BCUT2D eigenvalue weighted by molar-refractivity contribution is -0.143. The number of pyridine rings is 1. The summed E-state index contributed by atoms with van der Waals surface area (Å²) in [4.78, 5) is 15.6. The minimum Gasteiger partial charge on any atom is -0.356 e. The van der Waals surface area contributed by atoms with Crippen molar-refractivity contribution in [3.8, 4) is 0 Å². The number of hydrogen-bond acceptors (Lipinski definition) is 5. The number of nitrogens with zero attached hydrogens (tertiary/aromatic N) is 5. The molecule has 0 unspecified atom stereocenters. The number of rotatable bonds is 9. The van der Waals surface area contributed by atoms with Gasteiger partial charge in [0.2, 0.25) is 5.95 Å². The van der Waals surface area contributed by atoms with E-state index in [1.807, 2.05) is 11.8 Å². The number of aromatic nitrogens is 3. The second-order valence-electron chi connectivity index (χ2n) is 10.7. The number of hydrogen-bond donors (Lipinski definition) is 0. The molecule has 0 bridgehead atoms. The van der Waals surface area contributed by atoms with Crippen molar-refractivity contribution in [3.63, 3.8) is 0 Å². The first-order valence-corrected chi connectivity index (χ1v) is 13.7. The molecule has 1 aliphatic carbocycles. The van der Waals surface area contributed by atoms with Crippen molar-refractivity contribution < 1.29 is 39.5 Å². The van der Waals surface area contributed by atoms with Crippen molar-refractivity contribution in [1.29, 1.82) is 0 Å². The van der Waals surface area contributed by atoms with Gasteiger partial charge in [0.15, 0.2) is 0 Å². The van der Waals surface area contributed by atoms with Gasteiger partial charge in [0.1, 0.15) is 13.7 Å². The van der Waals surface area contributed by atoms with E-state index >= 15 is 0 Å². The molecule has 2 heterocycles. The average Bonchev–Trinajstić information content (AvgIpc) is 3.43. The summed E-state index contributed by atoms with van der Waals surface area (Å²) in [6.07, 6.45) is -7.33. The number of benzene rings is 1. The quantitative estimate of drug-likeness (QED) is 0.205. The Labute approximate surface area is 243 Å². The van der Waals surface area contributed by atoms with Crippen molar-refractivity contribution in [2.75, 3.05) is 22.9 Å².